The fraction of sp³-hybridized carbons (Fsp3) is 0.316. The average molecular weight is 336 g/mol. The predicted octanol–water partition coefficient (Wildman–Crippen LogP) is 2.49. The normalized spacial score (nSPS) is 17.8. The van der Waals surface area contributed by atoms with Gasteiger partial charge in [-0.1, -0.05) is 12.1 Å². The van der Waals surface area contributed by atoms with Gasteiger partial charge in [-0.15, -0.1) is 0 Å². The number of imidazole rings is 1. The molecule has 6 nitrogen and oxygen atoms in total. The fourth-order valence-corrected chi connectivity index (χ4v) is 3.38. The first kappa shape index (κ1) is 15.8. The second-order valence-corrected chi connectivity index (χ2v) is 6.34. The highest BCUT2D eigenvalue weighted by Crippen LogP contribution is 2.24. The fourth-order valence-electron chi connectivity index (χ4n) is 3.38. The molecule has 1 aliphatic rings. The number of fused-ring (bicyclic) bond motifs is 1. The summed E-state index contributed by atoms with van der Waals surface area (Å²) in [5.74, 6) is 0.868. The van der Waals surface area contributed by atoms with Crippen molar-refractivity contribution in [2.45, 2.75) is 13.0 Å². The third-order valence-corrected chi connectivity index (χ3v) is 4.55. The van der Waals surface area contributed by atoms with Crippen molar-refractivity contribution in [3.63, 3.8) is 0 Å². The Labute approximate surface area is 146 Å². The zero-order valence-corrected chi connectivity index (χ0v) is 14.3. The number of hydrogen-bond donors (Lipinski definition) is 0. The van der Waals surface area contributed by atoms with Gasteiger partial charge in [0.15, 0.2) is 0 Å². The maximum absolute atomic E-state index is 13.1. The van der Waals surface area contributed by atoms with E-state index in [0.717, 1.165) is 22.4 Å². The molecule has 0 N–H and O–H groups in total. The van der Waals surface area contributed by atoms with E-state index in [9.17, 15) is 4.79 Å². The van der Waals surface area contributed by atoms with Gasteiger partial charge in [0, 0.05) is 36.9 Å². The number of nitrogens with zero attached hydrogens (tertiary/aromatic N) is 4. The van der Waals surface area contributed by atoms with Crippen molar-refractivity contribution in [1.82, 2.24) is 19.4 Å². The van der Waals surface area contributed by atoms with Crippen molar-refractivity contribution in [1.29, 1.82) is 0 Å². The number of benzene rings is 1. The van der Waals surface area contributed by atoms with E-state index < -0.39 is 0 Å². The lowest BCUT2D eigenvalue weighted by Gasteiger charge is -2.32. The molecule has 0 aliphatic carbocycles. The van der Waals surface area contributed by atoms with Gasteiger partial charge in [0.2, 0.25) is 0 Å². The Hall–Kier alpha value is -2.73. The Balaban J connectivity index is 1.62. The summed E-state index contributed by atoms with van der Waals surface area (Å²) in [5.41, 5.74) is 2.46. The average Bonchev–Trinajstić information content (AvgIpc) is 2.99. The largest absolute Gasteiger partial charge is 0.367 e. The first-order valence-electron chi connectivity index (χ1n) is 8.38. The summed E-state index contributed by atoms with van der Waals surface area (Å²) in [6.45, 7) is 3.54. The minimum absolute atomic E-state index is 0.0119. The van der Waals surface area contributed by atoms with E-state index in [-0.39, 0.29) is 12.0 Å². The lowest BCUT2D eigenvalue weighted by atomic mass is 10.1. The highest BCUT2D eigenvalue weighted by Gasteiger charge is 2.29. The Morgan fingerprint density at radius 3 is 2.96 bits per heavy atom. The molecule has 1 fully saturated rings. The van der Waals surface area contributed by atoms with Crippen LogP contribution in [0.3, 0.4) is 0 Å². The first-order chi connectivity index (χ1) is 12.1. The van der Waals surface area contributed by atoms with Crippen molar-refractivity contribution in [3.05, 3.63) is 59.8 Å². The number of amides is 1. The monoisotopic (exact) mass is 336 g/mol. The Bertz CT molecular complexity index is 929. The van der Waals surface area contributed by atoms with Crippen LogP contribution >= 0.6 is 0 Å². The summed E-state index contributed by atoms with van der Waals surface area (Å²) in [7, 11) is 1.95. The molecule has 1 amide bonds. The zero-order chi connectivity index (χ0) is 17.4. The van der Waals surface area contributed by atoms with Gasteiger partial charge in [-0.05, 0) is 25.1 Å². The summed E-state index contributed by atoms with van der Waals surface area (Å²) in [6.07, 6.45) is 3.50. The topological polar surface area (TPSA) is 60.2 Å². The number of hydrogen-bond acceptors (Lipinski definition) is 4. The van der Waals surface area contributed by atoms with Crippen LogP contribution in [0.15, 0.2) is 42.7 Å². The molecule has 1 atom stereocenters. The zero-order valence-electron chi connectivity index (χ0n) is 14.3. The molecule has 6 heteroatoms. The van der Waals surface area contributed by atoms with Crippen LogP contribution < -0.4 is 0 Å². The number of rotatable bonds is 2. The van der Waals surface area contributed by atoms with Crippen molar-refractivity contribution in [2.24, 2.45) is 7.05 Å². The minimum Gasteiger partial charge on any atom is -0.367 e. The number of aryl methyl sites for hydroxylation is 2. The van der Waals surface area contributed by atoms with Crippen LogP contribution in [0.2, 0.25) is 0 Å². The second kappa shape index (κ2) is 6.29. The van der Waals surface area contributed by atoms with Crippen LogP contribution in [0.4, 0.5) is 0 Å². The first-order valence-corrected chi connectivity index (χ1v) is 8.38. The summed E-state index contributed by atoms with van der Waals surface area (Å²) in [5, 5.41) is 0.880. The summed E-state index contributed by atoms with van der Waals surface area (Å²) < 4.78 is 7.84. The van der Waals surface area contributed by atoms with Gasteiger partial charge < -0.3 is 14.2 Å². The van der Waals surface area contributed by atoms with E-state index >= 15 is 0 Å². The molecule has 0 radical (unpaired) electrons. The third kappa shape index (κ3) is 2.89. The van der Waals surface area contributed by atoms with E-state index in [1.54, 1.807) is 6.20 Å². The molecular formula is C19H20N4O2. The molecule has 0 unspecified atom stereocenters. The van der Waals surface area contributed by atoms with Crippen molar-refractivity contribution in [2.75, 3.05) is 19.7 Å². The third-order valence-electron chi connectivity index (χ3n) is 4.55. The lowest BCUT2D eigenvalue weighted by Crippen LogP contribution is -2.42. The molecule has 3 heterocycles. The van der Waals surface area contributed by atoms with Gasteiger partial charge in [0.1, 0.15) is 11.9 Å². The lowest BCUT2D eigenvalue weighted by molar-refractivity contribution is -0.0278. The number of carbonyl (C=O) groups excluding carboxylic acids is 1. The molecule has 0 bridgehead atoms. The van der Waals surface area contributed by atoms with Gasteiger partial charge in [-0.3, -0.25) is 9.78 Å². The standard InChI is InChI=1S/C19H20N4O2/c1-13-11-22(2)18(21-13)17-12-23(9-10-25-17)19(24)15-5-3-7-16-14(15)6-4-8-20-16/h3-8,11,17H,9-10,12H2,1-2H3/t17-/m0/s1. The molecule has 128 valence electrons. The molecule has 1 aromatic carbocycles. The molecule has 25 heavy (non-hydrogen) atoms. The molecule has 4 rings (SSSR count). The molecule has 0 saturated carbocycles. The van der Waals surface area contributed by atoms with E-state index in [4.69, 9.17) is 4.74 Å². The van der Waals surface area contributed by atoms with Gasteiger partial charge in [-0.2, -0.15) is 0 Å². The van der Waals surface area contributed by atoms with Gasteiger partial charge in [-0.25, -0.2) is 4.98 Å². The van der Waals surface area contributed by atoms with Crippen molar-refractivity contribution < 1.29 is 9.53 Å². The predicted molar refractivity (Wildman–Crippen MR) is 94.3 cm³/mol. The van der Waals surface area contributed by atoms with Crippen LogP contribution in [-0.2, 0) is 11.8 Å². The summed E-state index contributed by atoms with van der Waals surface area (Å²) in [4.78, 5) is 23.8. The smallest absolute Gasteiger partial charge is 0.254 e. The molecule has 0 spiro atoms. The number of ether oxygens (including phenoxy) is 1. The van der Waals surface area contributed by atoms with E-state index in [1.165, 1.54) is 0 Å². The van der Waals surface area contributed by atoms with Gasteiger partial charge in [0.05, 0.1) is 24.4 Å². The molecule has 1 saturated heterocycles. The van der Waals surface area contributed by atoms with Crippen LogP contribution in [0.5, 0.6) is 0 Å². The Morgan fingerprint density at radius 2 is 2.16 bits per heavy atom. The van der Waals surface area contributed by atoms with Crippen LogP contribution in [0.25, 0.3) is 10.9 Å². The molecule has 1 aliphatic heterocycles. The highest BCUT2D eigenvalue weighted by molar-refractivity contribution is 6.06. The second-order valence-electron chi connectivity index (χ2n) is 6.34. The van der Waals surface area contributed by atoms with Crippen LogP contribution in [0.1, 0.15) is 28.0 Å². The number of aromatic nitrogens is 3. The number of pyridine rings is 1. The van der Waals surface area contributed by atoms with E-state index in [1.807, 2.05) is 60.0 Å². The summed E-state index contributed by atoms with van der Waals surface area (Å²) in [6, 6.07) is 9.46. The van der Waals surface area contributed by atoms with Crippen LogP contribution in [0, 0.1) is 6.92 Å². The van der Waals surface area contributed by atoms with E-state index in [0.29, 0.717) is 25.3 Å². The molecule has 2 aromatic heterocycles. The SMILES string of the molecule is Cc1cn(C)c([C@@H]2CN(C(=O)c3cccc4ncccc34)CCO2)n1. The van der Waals surface area contributed by atoms with Crippen LogP contribution in [-0.4, -0.2) is 45.0 Å². The number of morpholine rings is 1. The van der Waals surface area contributed by atoms with Crippen molar-refractivity contribution >= 4 is 16.8 Å². The molecular weight excluding hydrogens is 316 g/mol. The minimum atomic E-state index is -0.204. The Morgan fingerprint density at radius 1 is 1.28 bits per heavy atom. The maximum atomic E-state index is 13.1. The van der Waals surface area contributed by atoms with Gasteiger partial charge >= 0.3 is 0 Å². The quantitative estimate of drug-likeness (QED) is 0.721. The van der Waals surface area contributed by atoms with Gasteiger partial charge in [0.25, 0.3) is 5.91 Å². The maximum Gasteiger partial charge on any atom is 0.254 e. The molecule has 3 aromatic rings. The summed E-state index contributed by atoms with van der Waals surface area (Å²) >= 11 is 0. The highest BCUT2D eigenvalue weighted by atomic mass is 16.5. The number of carbonyl (C=O) groups is 1. The van der Waals surface area contributed by atoms with Crippen molar-refractivity contribution in [3.8, 4) is 0 Å². The Kier molecular flexibility index (Phi) is 3.97. The van der Waals surface area contributed by atoms with E-state index in [2.05, 4.69) is 9.97 Å².